The quantitative estimate of drug-likeness (QED) is 0.0950. The first-order valence-corrected chi connectivity index (χ1v) is 16.1. The van der Waals surface area contributed by atoms with Gasteiger partial charge in [-0.1, -0.05) is 66.7 Å². The number of benzene rings is 4. The van der Waals surface area contributed by atoms with Gasteiger partial charge in [0.2, 0.25) is 5.91 Å². The molecular weight excluding hydrogens is 592 g/mol. The zero-order valence-corrected chi connectivity index (χ0v) is 27.5. The van der Waals surface area contributed by atoms with Gasteiger partial charge in [0.15, 0.2) is 0 Å². The molecule has 0 heterocycles. The van der Waals surface area contributed by atoms with Crippen LogP contribution in [0.5, 0.6) is 5.75 Å². The van der Waals surface area contributed by atoms with Gasteiger partial charge in [0.25, 0.3) is 0 Å². The Morgan fingerprint density at radius 2 is 1.53 bits per heavy atom. The van der Waals surface area contributed by atoms with E-state index in [1.54, 1.807) is 12.1 Å². The van der Waals surface area contributed by atoms with Crippen molar-refractivity contribution in [2.75, 3.05) is 32.1 Å². The number of para-hydroxylation sites is 1. The highest BCUT2D eigenvalue weighted by molar-refractivity contribution is 5.90. The topological polar surface area (TPSA) is 94.2 Å². The van der Waals surface area contributed by atoms with E-state index in [0.29, 0.717) is 31.7 Å². The fraction of sp³-hybridized carbons (Fsp3) is 0.308. The number of ether oxygens (including phenoxy) is 3. The molecule has 0 atom stereocenters. The van der Waals surface area contributed by atoms with Crippen LogP contribution in [0.3, 0.4) is 0 Å². The van der Waals surface area contributed by atoms with Crippen molar-refractivity contribution in [2.45, 2.75) is 52.7 Å². The predicted molar refractivity (Wildman–Crippen MR) is 184 cm³/mol. The van der Waals surface area contributed by atoms with Gasteiger partial charge in [0.1, 0.15) is 12.4 Å². The summed E-state index contributed by atoms with van der Waals surface area (Å²) < 4.78 is 16.2. The van der Waals surface area contributed by atoms with E-state index in [2.05, 4.69) is 40.5 Å². The second kappa shape index (κ2) is 18.3. The summed E-state index contributed by atoms with van der Waals surface area (Å²) in [5.74, 6) is 0.243. The lowest BCUT2D eigenvalue weighted by Crippen LogP contribution is -2.27. The van der Waals surface area contributed by atoms with Crippen molar-refractivity contribution in [2.24, 2.45) is 0 Å². The normalized spacial score (nSPS) is 10.8. The first-order valence-electron chi connectivity index (χ1n) is 16.1. The van der Waals surface area contributed by atoms with Gasteiger partial charge < -0.3 is 19.5 Å². The number of anilines is 1. The molecule has 47 heavy (non-hydrogen) atoms. The maximum absolute atomic E-state index is 11.9. The SMILES string of the molecule is CCOC(=O)CCCCN(CCc1ccccc1OCc1ccc(-c2cccc(NC(C)=O)c2)cc1)Cc1ccc(C(=O)OC)cc1. The average Bonchev–Trinajstić information content (AvgIpc) is 3.08. The summed E-state index contributed by atoms with van der Waals surface area (Å²) in [6.45, 7) is 6.49. The monoisotopic (exact) mass is 636 g/mol. The van der Waals surface area contributed by atoms with Crippen LogP contribution in [-0.2, 0) is 38.6 Å². The van der Waals surface area contributed by atoms with Crippen molar-refractivity contribution in [3.63, 3.8) is 0 Å². The van der Waals surface area contributed by atoms with E-state index in [9.17, 15) is 14.4 Å². The van der Waals surface area contributed by atoms with Crippen molar-refractivity contribution in [3.8, 4) is 16.9 Å². The summed E-state index contributed by atoms with van der Waals surface area (Å²) in [5, 5.41) is 2.83. The van der Waals surface area contributed by atoms with Crippen molar-refractivity contribution in [1.82, 2.24) is 4.90 Å². The van der Waals surface area contributed by atoms with Gasteiger partial charge >= 0.3 is 11.9 Å². The van der Waals surface area contributed by atoms with E-state index in [0.717, 1.165) is 71.6 Å². The van der Waals surface area contributed by atoms with Gasteiger partial charge in [-0.3, -0.25) is 14.5 Å². The predicted octanol–water partition coefficient (Wildman–Crippen LogP) is 7.46. The molecule has 4 aromatic carbocycles. The Labute approximate surface area is 277 Å². The molecule has 0 aromatic heterocycles. The van der Waals surface area contributed by atoms with Gasteiger partial charge in [-0.15, -0.1) is 0 Å². The van der Waals surface area contributed by atoms with Crippen molar-refractivity contribution < 1.29 is 28.6 Å². The number of carbonyl (C=O) groups is 3. The lowest BCUT2D eigenvalue weighted by molar-refractivity contribution is -0.143. The number of hydrogen-bond donors (Lipinski definition) is 1. The van der Waals surface area contributed by atoms with E-state index < -0.39 is 0 Å². The third-order valence-corrected chi connectivity index (χ3v) is 7.73. The Morgan fingerprint density at radius 1 is 0.787 bits per heavy atom. The molecule has 0 saturated carbocycles. The number of nitrogens with one attached hydrogen (secondary N) is 1. The lowest BCUT2D eigenvalue weighted by atomic mass is 10.0. The van der Waals surface area contributed by atoms with E-state index in [4.69, 9.17) is 14.2 Å². The van der Waals surface area contributed by atoms with Crippen LogP contribution in [-0.4, -0.2) is 49.6 Å². The van der Waals surface area contributed by atoms with Crippen LogP contribution in [0.1, 0.15) is 60.2 Å². The minimum absolute atomic E-state index is 0.0968. The van der Waals surface area contributed by atoms with Gasteiger partial charge in [0, 0.05) is 32.1 Å². The third kappa shape index (κ3) is 11.4. The molecule has 0 unspecified atom stereocenters. The van der Waals surface area contributed by atoms with Crippen LogP contribution in [0.15, 0.2) is 97.1 Å². The maximum Gasteiger partial charge on any atom is 0.337 e. The summed E-state index contributed by atoms with van der Waals surface area (Å²) in [6, 6.07) is 31.7. The fourth-order valence-corrected chi connectivity index (χ4v) is 5.29. The van der Waals surface area contributed by atoms with E-state index >= 15 is 0 Å². The summed E-state index contributed by atoms with van der Waals surface area (Å²) in [5.41, 5.74) is 6.65. The molecule has 0 bridgehead atoms. The summed E-state index contributed by atoms with van der Waals surface area (Å²) in [7, 11) is 1.38. The Balaban J connectivity index is 1.37. The molecule has 0 spiro atoms. The number of esters is 2. The van der Waals surface area contributed by atoms with Crippen LogP contribution in [0.25, 0.3) is 11.1 Å². The van der Waals surface area contributed by atoms with Crippen molar-refractivity contribution in [1.29, 1.82) is 0 Å². The standard InChI is InChI=1S/C39H44N2O6/c1-4-46-38(43)14-7-8-24-41(27-30-15-21-34(22-16-30)39(44)45-3)25-23-33-10-5-6-13-37(33)47-28-31-17-19-32(20-18-31)35-11-9-12-36(26-35)40-29(2)42/h5-6,9-13,15-22,26H,4,7-8,14,23-25,27-28H2,1-3H3,(H,40,42). The van der Waals surface area contributed by atoms with Crippen LogP contribution in [0, 0.1) is 0 Å². The minimum atomic E-state index is -0.353. The van der Waals surface area contributed by atoms with E-state index in [1.807, 2.05) is 61.5 Å². The van der Waals surface area contributed by atoms with Crippen LogP contribution < -0.4 is 10.1 Å². The fourth-order valence-electron chi connectivity index (χ4n) is 5.29. The first kappa shape index (κ1) is 34.9. The number of amides is 1. The zero-order valence-electron chi connectivity index (χ0n) is 27.5. The van der Waals surface area contributed by atoms with Crippen LogP contribution in [0.4, 0.5) is 5.69 Å². The molecule has 0 fully saturated rings. The molecule has 8 heteroatoms. The highest BCUT2D eigenvalue weighted by Gasteiger charge is 2.12. The van der Waals surface area contributed by atoms with Crippen LogP contribution >= 0.6 is 0 Å². The molecule has 0 aliphatic heterocycles. The van der Waals surface area contributed by atoms with Gasteiger partial charge in [0.05, 0.1) is 19.3 Å². The molecule has 1 N–H and O–H groups in total. The number of unbranched alkanes of at least 4 members (excludes halogenated alkanes) is 1. The summed E-state index contributed by atoms with van der Waals surface area (Å²) >= 11 is 0. The molecule has 0 aliphatic carbocycles. The lowest BCUT2D eigenvalue weighted by Gasteiger charge is -2.23. The van der Waals surface area contributed by atoms with Crippen molar-refractivity contribution in [3.05, 3.63) is 119 Å². The number of nitrogens with zero attached hydrogens (tertiary/aromatic N) is 1. The molecule has 1 amide bonds. The number of hydrogen-bond acceptors (Lipinski definition) is 7. The Morgan fingerprint density at radius 3 is 2.26 bits per heavy atom. The largest absolute Gasteiger partial charge is 0.489 e. The number of rotatable bonds is 17. The third-order valence-electron chi connectivity index (χ3n) is 7.73. The number of carbonyl (C=O) groups excluding carboxylic acids is 3. The minimum Gasteiger partial charge on any atom is -0.489 e. The van der Waals surface area contributed by atoms with E-state index in [1.165, 1.54) is 14.0 Å². The smallest absolute Gasteiger partial charge is 0.337 e. The summed E-state index contributed by atoms with van der Waals surface area (Å²) in [6.07, 6.45) is 2.83. The maximum atomic E-state index is 11.9. The van der Waals surface area contributed by atoms with Crippen molar-refractivity contribution >= 4 is 23.5 Å². The zero-order chi connectivity index (χ0) is 33.4. The molecule has 4 rings (SSSR count). The Kier molecular flexibility index (Phi) is 13.6. The molecule has 0 radical (unpaired) electrons. The molecule has 0 aliphatic rings. The molecular formula is C39H44N2O6. The molecule has 4 aromatic rings. The second-order valence-corrected chi connectivity index (χ2v) is 11.3. The first-order chi connectivity index (χ1) is 22.8. The Bertz CT molecular complexity index is 1600. The molecule has 0 saturated heterocycles. The highest BCUT2D eigenvalue weighted by Crippen LogP contribution is 2.25. The number of methoxy groups -OCH3 is 1. The second-order valence-electron chi connectivity index (χ2n) is 11.3. The average molecular weight is 637 g/mol. The van der Waals surface area contributed by atoms with Crippen LogP contribution in [0.2, 0.25) is 0 Å². The Hall–Kier alpha value is -4.95. The highest BCUT2D eigenvalue weighted by atomic mass is 16.5. The van der Waals surface area contributed by atoms with Gasteiger partial charge in [-0.25, -0.2) is 4.79 Å². The van der Waals surface area contributed by atoms with Gasteiger partial charge in [-0.2, -0.15) is 0 Å². The summed E-state index contributed by atoms with van der Waals surface area (Å²) in [4.78, 5) is 37.5. The molecule has 246 valence electrons. The molecule has 8 nitrogen and oxygen atoms in total. The van der Waals surface area contributed by atoms with E-state index in [-0.39, 0.29) is 17.8 Å². The van der Waals surface area contributed by atoms with Gasteiger partial charge in [-0.05, 0) is 90.9 Å².